The number of nitrogens with one attached hydrogen (secondary N) is 1. The topological polar surface area (TPSA) is 64.6 Å². The van der Waals surface area contributed by atoms with Gasteiger partial charge in [-0.3, -0.25) is 0 Å². The number of esters is 1. The van der Waals surface area contributed by atoms with E-state index >= 15 is 0 Å². The van der Waals surface area contributed by atoms with Crippen molar-refractivity contribution in [3.63, 3.8) is 0 Å². The lowest BCUT2D eigenvalue weighted by atomic mass is 9.82. The monoisotopic (exact) mass is 419 g/mol. The van der Waals surface area contributed by atoms with E-state index in [1.807, 2.05) is 0 Å². The molecule has 0 aliphatic heterocycles. The molecule has 5 nitrogen and oxygen atoms in total. The number of hydrogen-bond acceptors (Lipinski definition) is 4. The summed E-state index contributed by atoms with van der Waals surface area (Å²) in [5.74, 6) is 0.122. The Labute approximate surface area is 182 Å². The van der Waals surface area contributed by atoms with Crippen molar-refractivity contribution >= 4 is 12.1 Å². The first-order valence-electron chi connectivity index (χ1n) is 11.0. The molecule has 1 aromatic carbocycles. The second-order valence-corrected chi connectivity index (χ2v) is 10.3. The van der Waals surface area contributed by atoms with Gasteiger partial charge in [-0.2, -0.15) is 0 Å². The van der Waals surface area contributed by atoms with Gasteiger partial charge in [0.25, 0.3) is 0 Å². The van der Waals surface area contributed by atoms with E-state index in [0.717, 1.165) is 6.42 Å². The molecule has 1 rings (SSSR count). The van der Waals surface area contributed by atoms with Gasteiger partial charge >= 0.3 is 12.1 Å². The van der Waals surface area contributed by atoms with Crippen molar-refractivity contribution < 1.29 is 19.1 Å². The lowest BCUT2D eigenvalue weighted by Gasteiger charge is -2.27. The Balaban J connectivity index is 2.95. The molecule has 1 N–H and O–H groups in total. The predicted octanol–water partition coefficient (Wildman–Crippen LogP) is 5.65. The van der Waals surface area contributed by atoms with E-state index in [9.17, 15) is 9.59 Å². The number of carbonyl (C=O) groups is 2. The normalized spacial score (nSPS) is 14.2. The molecule has 0 spiro atoms. The third-order valence-electron chi connectivity index (χ3n) is 5.06. The quantitative estimate of drug-likeness (QED) is 0.553. The molecule has 30 heavy (non-hydrogen) atoms. The zero-order chi connectivity index (χ0) is 23.1. The molecule has 5 heteroatoms. The molecular weight excluding hydrogens is 378 g/mol. The molecule has 0 aliphatic carbocycles. The fraction of sp³-hybridized carbons (Fsp3) is 0.680. The van der Waals surface area contributed by atoms with Gasteiger partial charge in [-0.15, -0.1) is 0 Å². The maximum absolute atomic E-state index is 12.5. The van der Waals surface area contributed by atoms with E-state index in [0.29, 0.717) is 12.3 Å². The van der Waals surface area contributed by atoms with Crippen LogP contribution in [0.3, 0.4) is 0 Å². The van der Waals surface area contributed by atoms with Crippen LogP contribution in [0.5, 0.6) is 0 Å². The minimum absolute atomic E-state index is 0.113. The van der Waals surface area contributed by atoms with E-state index in [-0.39, 0.29) is 17.9 Å². The molecule has 0 bridgehead atoms. The SMILES string of the molecule is CCOC(=O)C(CC(Cc1ccc(C(C)(C)C)cc1)C(C)C)NC(=O)OC(C)(C)C. The van der Waals surface area contributed by atoms with Crippen molar-refractivity contribution in [2.24, 2.45) is 11.8 Å². The number of hydrogen-bond donors (Lipinski definition) is 1. The van der Waals surface area contributed by atoms with E-state index in [2.05, 4.69) is 64.2 Å². The van der Waals surface area contributed by atoms with Crippen molar-refractivity contribution in [2.45, 2.75) is 92.2 Å². The molecule has 0 saturated heterocycles. The Bertz CT molecular complexity index is 681. The molecule has 170 valence electrons. The van der Waals surface area contributed by atoms with Gasteiger partial charge in [-0.05, 0) is 68.9 Å². The van der Waals surface area contributed by atoms with Gasteiger partial charge in [0.2, 0.25) is 0 Å². The fourth-order valence-electron chi connectivity index (χ4n) is 3.24. The van der Waals surface area contributed by atoms with Crippen LogP contribution >= 0.6 is 0 Å². The average Bonchev–Trinajstić information content (AvgIpc) is 2.58. The van der Waals surface area contributed by atoms with E-state index < -0.39 is 23.7 Å². The highest BCUT2D eigenvalue weighted by molar-refractivity contribution is 5.81. The van der Waals surface area contributed by atoms with Crippen LogP contribution in [0.2, 0.25) is 0 Å². The van der Waals surface area contributed by atoms with Crippen LogP contribution < -0.4 is 5.32 Å². The first-order chi connectivity index (χ1) is 13.7. The van der Waals surface area contributed by atoms with Gasteiger partial charge in [0.15, 0.2) is 0 Å². The van der Waals surface area contributed by atoms with Crippen molar-refractivity contribution in [2.75, 3.05) is 6.61 Å². The number of benzene rings is 1. The maximum Gasteiger partial charge on any atom is 0.408 e. The number of rotatable bonds is 8. The van der Waals surface area contributed by atoms with Crippen LogP contribution in [0.1, 0.15) is 79.9 Å². The Kier molecular flexibility index (Phi) is 9.38. The number of ether oxygens (including phenoxy) is 2. The van der Waals surface area contributed by atoms with E-state index in [1.54, 1.807) is 27.7 Å². The summed E-state index contributed by atoms with van der Waals surface area (Å²) in [4.78, 5) is 24.8. The summed E-state index contributed by atoms with van der Waals surface area (Å²) in [6.07, 6.45) is 0.725. The molecule has 0 saturated carbocycles. The number of carbonyl (C=O) groups excluding carboxylic acids is 2. The molecule has 0 fully saturated rings. The van der Waals surface area contributed by atoms with Crippen LogP contribution in [0.25, 0.3) is 0 Å². The summed E-state index contributed by atoms with van der Waals surface area (Å²) < 4.78 is 10.6. The van der Waals surface area contributed by atoms with Gasteiger partial charge in [0.1, 0.15) is 11.6 Å². The predicted molar refractivity (Wildman–Crippen MR) is 122 cm³/mol. The van der Waals surface area contributed by atoms with Crippen LogP contribution in [0.4, 0.5) is 4.79 Å². The summed E-state index contributed by atoms with van der Waals surface area (Å²) in [6.45, 7) is 18.3. The second kappa shape index (κ2) is 10.8. The highest BCUT2D eigenvalue weighted by Crippen LogP contribution is 2.26. The van der Waals surface area contributed by atoms with Crippen LogP contribution in [0.15, 0.2) is 24.3 Å². The van der Waals surface area contributed by atoms with Crippen molar-refractivity contribution in [3.8, 4) is 0 Å². The molecule has 0 heterocycles. The molecule has 1 aromatic rings. The molecular formula is C25H41NO4. The summed E-state index contributed by atoms with van der Waals surface area (Å²) in [6, 6.07) is 7.94. The van der Waals surface area contributed by atoms with Crippen molar-refractivity contribution in [1.82, 2.24) is 5.32 Å². The first kappa shape index (κ1) is 26.0. The lowest BCUT2D eigenvalue weighted by Crippen LogP contribution is -2.45. The molecule has 0 aromatic heterocycles. The molecule has 2 atom stereocenters. The molecule has 1 amide bonds. The van der Waals surface area contributed by atoms with Gasteiger partial charge in [-0.1, -0.05) is 58.9 Å². The van der Waals surface area contributed by atoms with Gasteiger partial charge in [0, 0.05) is 0 Å². The highest BCUT2D eigenvalue weighted by atomic mass is 16.6. The zero-order valence-corrected chi connectivity index (χ0v) is 20.3. The minimum atomic E-state index is -0.735. The van der Waals surface area contributed by atoms with Crippen LogP contribution in [-0.2, 0) is 26.1 Å². The fourth-order valence-corrected chi connectivity index (χ4v) is 3.24. The van der Waals surface area contributed by atoms with Crippen LogP contribution in [-0.4, -0.2) is 30.3 Å². The first-order valence-corrected chi connectivity index (χ1v) is 11.0. The summed E-state index contributed by atoms with van der Waals surface area (Å²) in [5.41, 5.74) is 2.00. The maximum atomic E-state index is 12.5. The highest BCUT2D eigenvalue weighted by Gasteiger charge is 2.29. The Hall–Kier alpha value is -2.04. The Morgan fingerprint density at radius 2 is 1.57 bits per heavy atom. The molecule has 2 unspecified atom stereocenters. The Morgan fingerprint density at radius 3 is 2.00 bits per heavy atom. The zero-order valence-electron chi connectivity index (χ0n) is 20.3. The third-order valence-corrected chi connectivity index (χ3v) is 5.06. The third kappa shape index (κ3) is 9.19. The lowest BCUT2D eigenvalue weighted by molar-refractivity contribution is -0.146. The number of amides is 1. The molecule has 0 radical (unpaired) electrons. The van der Waals surface area contributed by atoms with Crippen molar-refractivity contribution in [1.29, 1.82) is 0 Å². The van der Waals surface area contributed by atoms with Gasteiger partial charge in [0.05, 0.1) is 6.61 Å². The summed E-state index contributed by atoms with van der Waals surface area (Å²) in [5, 5.41) is 2.72. The largest absolute Gasteiger partial charge is 0.464 e. The van der Waals surface area contributed by atoms with Gasteiger partial charge < -0.3 is 14.8 Å². The second-order valence-electron chi connectivity index (χ2n) is 10.3. The van der Waals surface area contributed by atoms with Crippen LogP contribution in [0, 0.1) is 11.8 Å². The van der Waals surface area contributed by atoms with Gasteiger partial charge in [-0.25, -0.2) is 9.59 Å². The number of alkyl carbamates (subject to hydrolysis) is 1. The smallest absolute Gasteiger partial charge is 0.408 e. The standard InChI is InChI=1S/C25H41NO4/c1-10-29-22(27)21(26-23(28)30-25(7,8)9)16-19(17(2)3)15-18-11-13-20(14-12-18)24(4,5)6/h11-14,17,19,21H,10,15-16H2,1-9H3,(H,26,28). The van der Waals surface area contributed by atoms with E-state index in [4.69, 9.17) is 9.47 Å². The average molecular weight is 420 g/mol. The summed E-state index contributed by atoms with van der Waals surface area (Å²) in [7, 11) is 0. The molecule has 0 aliphatic rings. The van der Waals surface area contributed by atoms with Crippen molar-refractivity contribution in [3.05, 3.63) is 35.4 Å². The van der Waals surface area contributed by atoms with E-state index in [1.165, 1.54) is 11.1 Å². The summed E-state index contributed by atoms with van der Waals surface area (Å²) >= 11 is 0. The Morgan fingerprint density at radius 1 is 1.00 bits per heavy atom. The minimum Gasteiger partial charge on any atom is -0.464 e.